The first-order valence-corrected chi connectivity index (χ1v) is 14.6. The largest absolute Gasteiger partial charge is 2.00 e. The van der Waals surface area contributed by atoms with E-state index in [9.17, 15) is 18.9 Å². The van der Waals surface area contributed by atoms with Crippen molar-refractivity contribution in [2.75, 3.05) is 25.5 Å². The van der Waals surface area contributed by atoms with Gasteiger partial charge in [0.15, 0.2) is 0 Å². The summed E-state index contributed by atoms with van der Waals surface area (Å²) in [6.07, 6.45) is 11.8. The van der Waals surface area contributed by atoms with Crippen molar-refractivity contribution >= 4 is 15.2 Å². The summed E-state index contributed by atoms with van der Waals surface area (Å²) in [6, 6.07) is 0. The van der Waals surface area contributed by atoms with E-state index in [1.807, 2.05) is 0 Å². The van der Waals surface area contributed by atoms with Crippen LogP contribution in [0.1, 0.15) is 105 Å². The van der Waals surface area contributed by atoms with Crippen LogP contribution in [-0.4, -0.2) is 25.5 Å². The number of rotatable bonds is 18. The molecular formula is C20H44CoO6P2. The molecule has 2 unspecified atom stereocenters. The zero-order valence-corrected chi connectivity index (χ0v) is 21.8. The third kappa shape index (κ3) is 28.8. The van der Waals surface area contributed by atoms with E-state index in [0.717, 1.165) is 77.0 Å². The predicted molar refractivity (Wildman–Crippen MR) is 115 cm³/mol. The molecule has 0 aromatic rings. The molecule has 0 aromatic carbocycles. The maximum absolute atomic E-state index is 11.3. The third-order valence-corrected chi connectivity index (χ3v) is 7.02. The topological polar surface area (TPSA) is 98.7 Å². The Bertz CT molecular complexity index is 386. The standard InChI is InChI=1S/2C10H23O3P.Co/c2*1-3-5-7-9-13-14(11,12)10-8-6-4-2;/h2*3-10H2,1-2H3,(H,11,12);/q;;+2/p-2. The maximum Gasteiger partial charge on any atom is 2.00 e. The monoisotopic (exact) mass is 501 g/mol. The summed E-state index contributed by atoms with van der Waals surface area (Å²) in [4.78, 5) is 22.5. The van der Waals surface area contributed by atoms with Crippen molar-refractivity contribution < 1.29 is 44.7 Å². The van der Waals surface area contributed by atoms with Crippen LogP contribution in [0.3, 0.4) is 0 Å². The van der Waals surface area contributed by atoms with E-state index < -0.39 is 15.2 Å². The fourth-order valence-electron chi connectivity index (χ4n) is 2.35. The molecule has 0 bridgehead atoms. The van der Waals surface area contributed by atoms with Crippen molar-refractivity contribution in [3.05, 3.63) is 0 Å². The van der Waals surface area contributed by atoms with Crippen molar-refractivity contribution in [2.24, 2.45) is 0 Å². The molecule has 179 valence electrons. The molecule has 0 saturated carbocycles. The summed E-state index contributed by atoms with van der Waals surface area (Å²) in [6.45, 7) is 8.99. The summed E-state index contributed by atoms with van der Waals surface area (Å²) in [7, 11) is -7.02. The minimum absolute atomic E-state index is 0. The van der Waals surface area contributed by atoms with Crippen molar-refractivity contribution in [2.45, 2.75) is 105 Å². The van der Waals surface area contributed by atoms with Crippen LogP contribution in [0.25, 0.3) is 0 Å². The van der Waals surface area contributed by atoms with Gasteiger partial charge in [0.05, 0.1) is 13.2 Å². The van der Waals surface area contributed by atoms with Gasteiger partial charge in [0.25, 0.3) is 0 Å². The first-order valence-electron chi connectivity index (χ1n) is 11.1. The van der Waals surface area contributed by atoms with E-state index in [0.29, 0.717) is 13.2 Å². The van der Waals surface area contributed by atoms with Gasteiger partial charge >= 0.3 is 16.8 Å². The molecule has 0 saturated heterocycles. The van der Waals surface area contributed by atoms with Crippen LogP contribution >= 0.6 is 15.2 Å². The average Bonchev–Trinajstić information content (AvgIpc) is 2.63. The summed E-state index contributed by atoms with van der Waals surface area (Å²) < 4.78 is 32.3. The van der Waals surface area contributed by atoms with Crippen molar-refractivity contribution in [3.8, 4) is 0 Å². The van der Waals surface area contributed by atoms with Gasteiger partial charge in [0.2, 0.25) is 0 Å². The summed E-state index contributed by atoms with van der Waals surface area (Å²) in [5.74, 6) is 0. The minimum atomic E-state index is -3.51. The van der Waals surface area contributed by atoms with Gasteiger partial charge in [-0.05, 0) is 25.7 Å². The number of unbranched alkanes of at least 4 members (excludes halogenated alkanes) is 8. The predicted octanol–water partition coefficient (Wildman–Crippen LogP) is 5.87. The second-order valence-electron chi connectivity index (χ2n) is 7.16. The van der Waals surface area contributed by atoms with E-state index in [4.69, 9.17) is 9.05 Å². The molecule has 0 fully saturated rings. The van der Waals surface area contributed by atoms with Gasteiger partial charge in [-0.3, -0.25) is 0 Å². The second kappa shape index (κ2) is 23.5. The van der Waals surface area contributed by atoms with Gasteiger partial charge in [-0.2, -0.15) is 0 Å². The van der Waals surface area contributed by atoms with E-state index in [1.165, 1.54) is 0 Å². The molecule has 0 aliphatic heterocycles. The zero-order valence-electron chi connectivity index (χ0n) is 19.0. The second-order valence-corrected chi connectivity index (χ2v) is 11.0. The molecule has 0 N–H and O–H groups in total. The molecule has 9 heteroatoms. The SMILES string of the molecule is CCCCCOP(=O)([O-])CCCCC.CCCCCOP(=O)([O-])CCCCC.[Co+2]. The Balaban J connectivity index is -0.000000451. The van der Waals surface area contributed by atoms with Crippen LogP contribution in [0.2, 0.25) is 0 Å². The fourth-order valence-corrected chi connectivity index (χ4v) is 4.65. The van der Waals surface area contributed by atoms with Gasteiger partial charge in [0.1, 0.15) is 15.2 Å². The van der Waals surface area contributed by atoms with Crippen LogP contribution in [0, 0.1) is 0 Å². The molecule has 2 atom stereocenters. The Morgan fingerprint density at radius 3 is 1.10 bits per heavy atom. The van der Waals surface area contributed by atoms with E-state index in [2.05, 4.69) is 27.7 Å². The molecule has 0 aromatic heterocycles. The van der Waals surface area contributed by atoms with E-state index in [1.54, 1.807) is 0 Å². The molecular weight excluding hydrogens is 457 g/mol. The molecule has 1 radical (unpaired) electrons. The fraction of sp³-hybridized carbons (Fsp3) is 1.00. The molecule has 0 heterocycles. The molecule has 0 rings (SSSR count). The first kappa shape index (κ1) is 34.4. The van der Waals surface area contributed by atoms with Crippen LogP contribution < -0.4 is 9.79 Å². The van der Waals surface area contributed by atoms with Crippen LogP contribution in [0.15, 0.2) is 0 Å². The quantitative estimate of drug-likeness (QED) is 0.172. The summed E-state index contributed by atoms with van der Waals surface area (Å²) in [5.41, 5.74) is 0. The van der Waals surface area contributed by atoms with Crippen molar-refractivity contribution in [1.29, 1.82) is 0 Å². The van der Waals surface area contributed by atoms with Gasteiger partial charge in [-0.25, -0.2) is 0 Å². The van der Waals surface area contributed by atoms with E-state index in [-0.39, 0.29) is 29.1 Å². The van der Waals surface area contributed by atoms with Crippen LogP contribution in [-0.2, 0) is 35.0 Å². The number of hydrogen-bond acceptors (Lipinski definition) is 6. The summed E-state index contributed by atoms with van der Waals surface area (Å²) in [5, 5.41) is 0. The maximum atomic E-state index is 11.3. The minimum Gasteiger partial charge on any atom is -0.778 e. The first-order chi connectivity index (χ1) is 13.2. The molecule has 29 heavy (non-hydrogen) atoms. The van der Waals surface area contributed by atoms with Gasteiger partial charge in [0, 0.05) is 12.3 Å². The van der Waals surface area contributed by atoms with Crippen molar-refractivity contribution in [3.63, 3.8) is 0 Å². The summed E-state index contributed by atoms with van der Waals surface area (Å²) >= 11 is 0. The van der Waals surface area contributed by atoms with E-state index >= 15 is 0 Å². The van der Waals surface area contributed by atoms with Crippen molar-refractivity contribution in [1.82, 2.24) is 0 Å². The molecule has 6 nitrogen and oxygen atoms in total. The average molecular weight is 501 g/mol. The smallest absolute Gasteiger partial charge is 0.778 e. The Kier molecular flexibility index (Phi) is 27.9. The van der Waals surface area contributed by atoms with Crippen LogP contribution in [0.4, 0.5) is 0 Å². The molecule has 0 amide bonds. The number of hydrogen-bond donors (Lipinski definition) is 0. The molecule has 0 aliphatic carbocycles. The van der Waals surface area contributed by atoms with Gasteiger partial charge in [-0.1, -0.05) is 79.1 Å². The Morgan fingerprint density at radius 2 is 0.828 bits per heavy atom. The molecule has 0 aliphatic rings. The Morgan fingerprint density at radius 1 is 0.552 bits per heavy atom. The molecule has 0 spiro atoms. The normalized spacial score (nSPS) is 14.8. The Labute approximate surface area is 190 Å². The van der Waals surface area contributed by atoms with Gasteiger partial charge < -0.3 is 28.0 Å². The van der Waals surface area contributed by atoms with Crippen LogP contribution in [0.5, 0.6) is 0 Å². The Hall–Kier alpha value is 0.806. The van der Waals surface area contributed by atoms with Gasteiger partial charge in [-0.15, -0.1) is 0 Å². The third-order valence-electron chi connectivity index (χ3n) is 4.14. The zero-order chi connectivity index (χ0) is 21.7.